The number of hydrogen-bond donors (Lipinski definition) is 3. The molecule has 8 nitrogen and oxygen atoms in total. The molecular weight excluding hydrogens is 501 g/mol. The summed E-state index contributed by atoms with van der Waals surface area (Å²) in [6, 6.07) is 17.0. The van der Waals surface area contributed by atoms with E-state index in [1.54, 1.807) is 30.3 Å². The number of carbonyl (C=O) groups is 3. The van der Waals surface area contributed by atoms with Crippen molar-refractivity contribution in [2.75, 3.05) is 17.2 Å². The van der Waals surface area contributed by atoms with E-state index >= 15 is 0 Å². The minimum Gasteiger partial charge on any atom is -0.484 e. The number of para-hydroxylation sites is 1. The zero-order valence-corrected chi connectivity index (χ0v) is 19.1. The molecule has 12 heteroatoms. The standard InChI is InChI=1S/C24H18ClF3N4O4/c25-16-6-4-7-17(12-16)30-22(34)23(35)32-29-13-15-5-3-8-18(11-15)36-14-21(33)31-20-10-2-1-9-19(20)24(26,27)28/h1-13H,14H2,(H,30,34)(H,31,33)(H,32,35)/b29-13-. The van der Waals surface area contributed by atoms with Gasteiger partial charge in [0.2, 0.25) is 0 Å². The number of amides is 3. The third kappa shape index (κ3) is 7.84. The summed E-state index contributed by atoms with van der Waals surface area (Å²) in [6.07, 6.45) is -3.39. The molecule has 3 rings (SSSR count). The van der Waals surface area contributed by atoms with Crippen molar-refractivity contribution in [3.8, 4) is 5.75 Å². The molecule has 0 atom stereocenters. The number of halogens is 4. The molecule has 0 aliphatic rings. The largest absolute Gasteiger partial charge is 0.484 e. The monoisotopic (exact) mass is 518 g/mol. The lowest BCUT2D eigenvalue weighted by Crippen LogP contribution is -2.32. The number of benzene rings is 3. The Morgan fingerprint density at radius 2 is 1.67 bits per heavy atom. The van der Waals surface area contributed by atoms with Crippen LogP contribution in [0.2, 0.25) is 5.02 Å². The van der Waals surface area contributed by atoms with Crippen LogP contribution in [0.25, 0.3) is 0 Å². The van der Waals surface area contributed by atoms with Crippen LogP contribution < -0.4 is 20.8 Å². The highest BCUT2D eigenvalue weighted by Gasteiger charge is 2.33. The molecule has 3 N–H and O–H groups in total. The second kappa shape index (κ2) is 11.8. The fraction of sp³-hybridized carbons (Fsp3) is 0.0833. The minimum absolute atomic E-state index is 0.225. The van der Waals surface area contributed by atoms with Crippen LogP contribution in [0.1, 0.15) is 11.1 Å². The number of rotatable bonds is 7. The van der Waals surface area contributed by atoms with Gasteiger partial charge < -0.3 is 15.4 Å². The molecule has 36 heavy (non-hydrogen) atoms. The van der Waals surface area contributed by atoms with Gasteiger partial charge in [-0.25, -0.2) is 5.43 Å². The Hall–Kier alpha value is -4.38. The predicted molar refractivity (Wildman–Crippen MR) is 128 cm³/mol. The molecule has 0 spiro atoms. The highest BCUT2D eigenvalue weighted by atomic mass is 35.5. The first-order chi connectivity index (χ1) is 17.1. The minimum atomic E-state index is -4.62. The van der Waals surface area contributed by atoms with Gasteiger partial charge in [-0.3, -0.25) is 14.4 Å². The molecule has 0 bridgehead atoms. The van der Waals surface area contributed by atoms with Gasteiger partial charge in [0.15, 0.2) is 6.61 Å². The van der Waals surface area contributed by atoms with Crippen molar-refractivity contribution in [2.24, 2.45) is 5.10 Å². The SMILES string of the molecule is O=C(COc1cccc(/C=N\NC(=O)C(=O)Nc2cccc(Cl)c2)c1)Nc1ccccc1C(F)(F)F. The lowest BCUT2D eigenvalue weighted by Gasteiger charge is -2.13. The van der Waals surface area contributed by atoms with E-state index in [2.05, 4.69) is 21.2 Å². The van der Waals surface area contributed by atoms with Crippen molar-refractivity contribution in [2.45, 2.75) is 6.18 Å². The summed E-state index contributed by atoms with van der Waals surface area (Å²) >= 11 is 5.82. The zero-order valence-electron chi connectivity index (χ0n) is 18.3. The van der Waals surface area contributed by atoms with Gasteiger partial charge in [0.25, 0.3) is 5.91 Å². The fourth-order valence-corrected chi connectivity index (χ4v) is 3.02. The lowest BCUT2D eigenvalue weighted by molar-refractivity contribution is -0.137. The summed E-state index contributed by atoms with van der Waals surface area (Å²) in [6.45, 7) is -0.548. The Morgan fingerprint density at radius 1 is 0.917 bits per heavy atom. The predicted octanol–water partition coefficient (Wildman–Crippen LogP) is 4.47. The van der Waals surface area contributed by atoms with Gasteiger partial charge in [0.05, 0.1) is 17.5 Å². The molecule has 3 aromatic rings. The molecule has 0 aliphatic carbocycles. The number of hydrazone groups is 1. The highest BCUT2D eigenvalue weighted by Crippen LogP contribution is 2.34. The molecule has 0 aromatic heterocycles. The molecule has 0 fully saturated rings. The third-order valence-corrected chi connectivity index (χ3v) is 4.64. The Labute approximate surface area is 208 Å². The van der Waals surface area contributed by atoms with Gasteiger partial charge in [0.1, 0.15) is 5.75 Å². The summed E-state index contributed by atoms with van der Waals surface area (Å²) in [5, 5.41) is 8.62. The maximum absolute atomic E-state index is 13.1. The first-order valence-electron chi connectivity index (χ1n) is 10.2. The summed E-state index contributed by atoms with van der Waals surface area (Å²) in [7, 11) is 0. The van der Waals surface area contributed by atoms with E-state index in [0.717, 1.165) is 12.1 Å². The van der Waals surface area contributed by atoms with E-state index in [1.807, 2.05) is 0 Å². The number of carbonyl (C=O) groups excluding carboxylic acids is 3. The maximum atomic E-state index is 13.1. The van der Waals surface area contributed by atoms with Gasteiger partial charge in [-0.05, 0) is 48.0 Å². The first kappa shape index (κ1) is 26.2. The molecular formula is C24H18ClF3N4O4. The van der Waals surface area contributed by atoms with E-state index in [4.69, 9.17) is 16.3 Å². The van der Waals surface area contributed by atoms with E-state index in [0.29, 0.717) is 16.3 Å². The first-order valence-corrected chi connectivity index (χ1v) is 10.6. The second-order valence-electron chi connectivity index (χ2n) is 7.12. The van der Waals surface area contributed by atoms with Crippen LogP contribution in [-0.2, 0) is 20.6 Å². The topological polar surface area (TPSA) is 109 Å². The van der Waals surface area contributed by atoms with Crippen LogP contribution in [0.15, 0.2) is 77.9 Å². The fourth-order valence-electron chi connectivity index (χ4n) is 2.83. The number of hydrogen-bond acceptors (Lipinski definition) is 5. The summed E-state index contributed by atoms with van der Waals surface area (Å²) in [5.41, 5.74) is 1.50. The van der Waals surface area contributed by atoms with Crippen LogP contribution in [-0.4, -0.2) is 30.5 Å². The van der Waals surface area contributed by atoms with Crippen LogP contribution in [0.4, 0.5) is 24.5 Å². The molecule has 0 heterocycles. The second-order valence-corrected chi connectivity index (χ2v) is 7.55. The van der Waals surface area contributed by atoms with Crippen molar-refractivity contribution < 1.29 is 32.3 Å². The van der Waals surface area contributed by atoms with Gasteiger partial charge in [0, 0.05) is 10.7 Å². The zero-order chi connectivity index (χ0) is 26.1. The van der Waals surface area contributed by atoms with Gasteiger partial charge in [-0.2, -0.15) is 18.3 Å². The molecule has 0 radical (unpaired) electrons. The van der Waals surface area contributed by atoms with Crippen molar-refractivity contribution in [1.82, 2.24) is 5.43 Å². The number of alkyl halides is 3. The van der Waals surface area contributed by atoms with Crippen molar-refractivity contribution >= 4 is 46.9 Å². The van der Waals surface area contributed by atoms with E-state index in [1.165, 1.54) is 36.5 Å². The van der Waals surface area contributed by atoms with Crippen LogP contribution in [0.3, 0.4) is 0 Å². The van der Waals surface area contributed by atoms with Crippen molar-refractivity contribution in [1.29, 1.82) is 0 Å². The smallest absolute Gasteiger partial charge is 0.418 e. The Balaban J connectivity index is 1.51. The lowest BCUT2D eigenvalue weighted by atomic mass is 10.1. The van der Waals surface area contributed by atoms with Gasteiger partial charge in [-0.15, -0.1) is 0 Å². The quantitative estimate of drug-likeness (QED) is 0.244. The molecule has 0 unspecified atom stereocenters. The third-order valence-electron chi connectivity index (χ3n) is 4.40. The molecule has 3 amide bonds. The number of nitrogens with one attached hydrogen (secondary N) is 3. The van der Waals surface area contributed by atoms with Crippen LogP contribution >= 0.6 is 11.6 Å². The Morgan fingerprint density at radius 3 is 2.42 bits per heavy atom. The van der Waals surface area contributed by atoms with E-state index in [-0.39, 0.29) is 11.4 Å². The van der Waals surface area contributed by atoms with Crippen LogP contribution in [0, 0.1) is 0 Å². The number of ether oxygens (including phenoxy) is 1. The van der Waals surface area contributed by atoms with Gasteiger partial charge in [-0.1, -0.05) is 41.9 Å². The van der Waals surface area contributed by atoms with E-state index in [9.17, 15) is 27.6 Å². The van der Waals surface area contributed by atoms with Crippen molar-refractivity contribution in [3.05, 3.63) is 88.9 Å². The molecule has 3 aromatic carbocycles. The molecule has 186 valence electrons. The summed E-state index contributed by atoms with van der Waals surface area (Å²) in [4.78, 5) is 35.9. The average Bonchev–Trinajstić information content (AvgIpc) is 2.82. The van der Waals surface area contributed by atoms with Gasteiger partial charge >= 0.3 is 18.0 Å². The maximum Gasteiger partial charge on any atom is 0.418 e. The number of anilines is 2. The normalized spacial score (nSPS) is 11.1. The van der Waals surface area contributed by atoms with Crippen molar-refractivity contribution in [3.63, 3.8) is 0 Å². The molecule has 0 saturated heterocycles. The Kier molecular flexibility index (Phi) is 8.63. The van der Waals surface area contributed by atoms with E-state index < -0.39 is 36.1 Å². The molecule has 0 saturated carbocycles. The average molecular weight is 519 g/mol. The summed E-state index contributed by atoms with van der Waals surface area (Å²) in [5.74, 6) is -2.54. The number of nitrogens with zero attached hydrogens (tertiary/aromatic N) is 1. The summed E-state index contributed by atoms with van der Waals surface area (Å²) < 4.78 is 44.5. The highest BCUT2D eigenvalue weighted by molar-refractivity contribution is 6.39. The van der Waals surface area contributed by atoms with Crippen LogP contribution in [0.5, 0.6) is 5.75 Å². The Bertz CT molecular complexity index is 1300. The molecule has 0 aliphatic heterocycles.